The zero-order chi connectivity index (χ0) is 12.1. The lowest BCUT2D eigenvalue weighted by Crippen LogP contribution is -1.77. The van der Waals surface area contributed by atoms with Crippen molar-refractivity contribution < 1.29 is 0 Å². The Kier molecular flexibility index (Phi) is 3.98. The van der Waals surface area contributed by atoms with Gasteiger partial charge < -0.3 is 0 Å². The molecule has 0 N–H and O–H groups in total. The van der Waals surface area contributed by atoms with Gasteiger partial charge in [-0.05, 0) is 44.2 Å². The molecular weight excluding hydrogens is 204 g/mol. The molecule has 0 atom stereocenters. The molecule has 2 aromatic rings. The first-order valence-corrected chi connectivity index (χ1v) is 6.36. The monoisotopic (exact) mass is 224 g/mol. The summed E-state index contributed by atoms with van der Waals surface area (Å²) in [6.07, 6.45) is 3.96. The summed E-state index contributed by atoms with van der Waals surface area (Å²) in [6.45, 7) is 4.19. The number of hydrogen-bond donors (Lipinski definition) is 0. The van der Waals surface area contributed by atoms with Crippen molar-refractivity contribution in [2.24, 2.45) is 0 Å². The second kappa shape index (κ2) is 5.67. The molecule has 0 spiro atoms. The van der Waals surface area contributed by atoms with Crippen molar-refractivity contribution >= 4 is 0 Å². The Morgan fingerprint density at radius 2 is 1.06 bits per heavy atom. The molecule has 0 heteroatoms. The average Bonchev–Trinajstić information content (AvgIpc) is 2.82. The van der Waals surface area contributed by atoms with E-state index in [1.807, 2.05) is 0 Å². The lowest BCUT2D eigenvalue weighted by atomic mass is 10.1. The van der Waals surface area contributed by atoms with Crippen LogP contribution < -0.4 is 0 Å². The van der Waals surface area contributed by atoms with Crippen LogP contribution in [0.5, 0.6) is 0 Å². The molecule has 88 valence electrons. The van der Waals surface area contributed by atoms with Gasteiger partial charge in [0, 0.05) is 0 Å². The fraction of sp³-hybridized carbons (Fsp3) is 0.294. The number of hydrogen-bond acceptors (Lipinski definition) is 0. The minimum Gasteiger partial charge on any atom is -0.0620 e. The highest BCUT2D eigenvalue weighted by molar-refractivity contribution is 5.30. The van der Waals surface area contributed by atoms with Gasteiger partial charge in [0.2, 0.25) is 0 Å². The molecule has 0 aliphatic heterocycles. The summed E-state index contributed by atoms with van der Waals surface area (Å²) < 4.78 is 0. The maximum absolute atomic E-state index is 2.24. The Bertz CT molecular complexity index is 422. The minimum absolute atomic E-state index is 1.30. The maximum atomic E-state index is 2.24. The van der Waals surface area contributed by atoms with Crippen LogP contribution in [0.25, 0.3) is 0 Å². The van der Waals surface area contributed by atoms with Crippen molar-refractivity contribution in [3.05, 3.63) is 70.8 Å². The normalized spacial score (nSPS) is 12.6. The van der Waals surface area contributed by atoms with E-state index in [-0.39, 0.29) is 0 Å². The van der Waals surface area contributed by atoms with Crippen LogP contribution in [0, 0.1) is 13.8 Å². The molecule has 0 heterocycles. The molecule has 17 heavy (non-hydrogen) atoms. The largest absolute Gasteiger partial charge is 0.0620 e. The SMILES string of the molecule is Cc1ccc(C)cc1.c1ccc2c(c1)CCC2. The molecular formula is C17H20. The first-order valence-electron chi connectivity index (χ1n) is 6.36. The van der Waals surface area contributed by atoms with E-state index < -0.39 is 0 Å². The van der Waals surface area contributed by atoms with Gasteiger partial charge in [-0.25, -0.2) is 0 Å². The van der Waals surface area contributed by atoms with Crippen LogP contribution >= 0.6 is 0 Å². The second-order valence-corrected chi connectivity index (χ2v) is 4.78. The van der Waals surface area contributed by atoms with Crippen LogP contribution in [-0.2, 0) is 12.8 Å². The number of fused-ring (bicyclic) bond motifs is 1. The molecule has 0 fully saturated rings. The Labute approximate surface area is 104 Å². The molecule has 0 amide bonds. The van der Waals surface area contributed by atoms with Gasteiger partial charge in [0.1, 0.15) is 0 Å². The van der Waals surface area contributed by atoms with Crippen molar-refractivity contribution in [3.63, 3.8) is 0 Å². The number of rotatable bonds is 0. The van der Waals surface area contributed by atoms with E-state index in [9.17, 15) is 0 Å². The fourth-order valence-corrected chi connectivity index (χ4v) is 2.15. The first kappa shape index (κ1) is 11.9. The van der Waals surface area contributed by atoms with E-state index in [1.54, 1.807) is 11.1 Å². The Morgan fingerprint density at radius 3 is 1.47 bits per heavy atom. The topological polar surface area (TPSA) is 0 Å². The predicted octanol–water partition coefficient (Wildman–Crippen LogP) is 4.48. The van der Waals surface area contributed by atoms with Crippen LogP contribution in [0.15, 0.2) is 48.5 Å². The lowest BCUT2D eigenvalue weighted by molar-refractivity contribution is 0.912. The molecule has 1 aliphatic carbocycles. The molecule has 0 unspecified atom stereocenters. The minimum atomic E-state index is 1.30. The molecule has 1 aliphatic rings. The van der Waals surface area contributed by atoms with E-state index in [4.69, 9.17) is 0 Å². The van der Waals surface area contributed by atoms with Gasteiger partial charge in [-0.15, -0.1) is 0 Å². The molecule has 0 nitrogen and oxygen atoms in total. The molecule has 0 saturated carbocycles. The van der Waals surface area contributed by atoms with Crippen molar-refractivity contribution in [1.82, 2.24) is 0 Å². The van der Waals surface area contributed by atoms with Gasteiger partial charge in [-0.1, -0.05) is 59.7 Å². The molecule has 0 bridgehead atoms. The van der Waals surface area contributed by atoms with Crippen LogP contribution in [-0.4, -0.2) is 0 Å². The number of benzene rings is 2. The van der Waals surface area contributed by atoms with E-state index in [0.717, 1.165) is 0 Å². The third kappa shape index (κ3) is 3.45. The number of aryl methyl sites for hydroxylation is 4. The summed E-state index contributed by atoms with van der Waals surface area (Å²) in [6, 6.07) is 17.2. The van der Waals surface area contributed by atoms with Crippen LogP contribution in [0.3, 0.4) is 0 Å². The Morgan fingerprint density at radius 1 is 0.647 bits per heavy atom. The summed E-state index contributed by atoms with van der Waals surface area (Å²) in [7, 11) is 0. The highest BCUT2D eigenvalue weighted by atomic mass is 14.1. The third-order valence-electron chi connectivity index (χ3n) is 3.23. The van der Waals surface area contributed by atoms with Crippen LogP contribution in [0.4, 0.5) is 0 Å². The van der Waals surface area contributed by atoms with Gasteiger partial charge in [0.25, 0.3) is 0 Å². The lowest BCUT2D eigenvalue weighted by Gasteiger charge is -1.93. The fourth-order valence-electron chi connectivity index (χ4n) is 2.15. The molecule has 0 aromatic heterocycles. The molecule has 2 aromatic carbocycles. The predicted molar refractivity (Wildman–Crippen MR) is 74.4 cm³/mol. The van der Waals surface area contributed by atoms with Crippen LogP contribution in [0.1, 0.15) is 28.7 Å². The van der Waals surface area contributed by atoms with Crippen molar-refractivity contribution in [2.75, 3.05) is 0 Å². The van der Waals surface area contributed by atoms with Gasteiger partial charge >= 0.3 is 0 Å². The van der Waals surface area contributed by atoms with E-state index in [0.29, 0.717) is 0 Å². The smallest absolute Gasteiger partial charge is 0.0273 e. The van der Waals surface area contributed by atoms with Crippen molar-refractivity contribution in [1.29, 1.82) is 0 Å². The Balaban J connectivity index is 0.000000128. The van der Waals surface area contributed by atoms with Crippen LogP contribution in [0.2, 0.25) is 0 Å². The summed E-state index contributed by atoms with van der Waals surface area (Å²) in [5.41, 5.74) is 5.79. The molecule has 0 radical (unpaired) electrons. The Hall–Kier alpha value is -1.56. The highest BCUT2D eigenvalue weighted by Crippen LogP contribution is 2.20. The van der Waals surface area contributed by atoms with Crippen molar-refractivity contribution in [3.8, 4) is 0 Å². The molecule has 0 saturated heterocycles. The zero-order valence-corrected chi connectivity index (χ0v) is 10.7. The summed E-state index contributed by atoms with van der Waals surface area (Å²) in [4.78, 5) is 0. The van der Waals surface area contributed by atoms with Crippen molar-refractivity contribution in [2.45, 2.75) is 33.1 Å². The quantitative estimate of drug-likeness (QED) is 0.619. The summed E-state index contributed by atoms with van der Waals surface area (Å²) in [5, 5.41) is 0. The van der Waals surface area contributed by atoms with Gasteiger partial charge in [0.15, 0.2) is 0 Å². The standard InChI is InChI=1S/C9H10.C8H10/c1-2-5-9-7-3-6-8(9)4-1;1-7-3-5-8(2)6-4-7/h1-2,4-5H,3,6-7H2;3-6H,1-2H3. The highest BCUT2D eigenvalue weighted by Gasteiger charge is 2.07. The van der Waals surface area contributed by atoms with Gasteiger partial charge in [-0.3, -0.25) is 0 Å². The zero-order valence-electron chi connectivity index (χ0n) is 10.7. The van der Waals surface area contributed by atoms with E-state index in [1.165, 1.54) is 30.4 Å². The van der Waals surface area contributed by atoms with E-state index in [2.05, 4.69) is 62.4 Å². The summed E-state index contributed by atoms with van der Waals surface area (Å²) in [5.74, 6) is 0. The van der Waals surface area contributed by atoms with Gasteiger partial charge in [0.05, 0.1) is 0 Å². The van der Waals surface area contributed by atoms with E-state index >= 15 is 0 Å². The second-order valence-electron chi connectivity index (χ2n) is 4.78. The summed E-state index contributed by atoms with van der Waals surface area (Å²) >= 11 is 0. The average molecular weight is 224 g/mol. The third-order valence-corrected chi connectivity index (χ3v) is 3.23. The molecule has 3 rings (SSSR count). The first-order chi connectivity index (χ1) is 8.25. The van der Waals surface area contributed by atoms with Gasteiger partial charge in [-0.2, -0.15) is 0 Å². The maximum Gasteiger partial charge on any atom is -0.0273 e.